The van der Waals surface area contributed by atoms with Gasteiger partial charge in [0.15, 0.2) is 0 Å². The topological polar surface area (TPSA) is 53.3 Å². The summed E-state index contributed by atoms with van der Waals surface area (Å²) in [6, 6.07) is 13.5. The summed E-state index contributed by atoms with van der Waals surface area (Å²) in [4.78, 5) is 15.9. The highest BCUT2D eigenvalue weighted by molar-refractivity contribution is 5.51. The van der Waals surface area contributed by atoms with Crippen LogP contribution in [0.3, 0.4) is 0 Å². The molecule has 0 unspecified atom stereocenters. The van der Waals surface area contributed by atoms with E-state index in [0.29, 0.717) is 6.04 Å². The van der Waals surface area contributed by atoms with Crippen molar-refractivity contribution in [3.63, 3.8) is 0 Å². The molecule has 29 heavy (non-hydrogen) atoms. The molecule has 2 aromatic heterocycles. The zero-order chi connectivity index (χ0) is 19.5. The molecule has 5 rings (SSSR count). The lowest BCUT2D eigenvalue weighted by molar-refractivity contribution is 0.160. The third-order valence-electron chi connectivity index (χ3n) is 6.20. The van der Waals surface area contributed by atoms with E-state index in [0.717, 1.165) is 45.0 Å². The van der Waals surface area contributed by atoms with E-state index < -0.39 is 0 Å². The lowest BCUT2D eigenvalue weighted by Crippen LogP contribution is -2.53. The molecule has 2 fully saturated rings. The summed E-state index contributed by atoms with van der Waals surface area (Å²) in [5, 5.41) is 4.19. The van der Waals surface area contributed by atoms with Gasteiger partial charge in [0, 0.05) is 57.2 Å². The number of hydrogen-bond acceptors (Lipinski definition) is 6. The number of anilines is 2. The average molecular weight is 390 g/mol. The minimum absolute atomic E-state index is 0.705. The number of aromatic nitrogens is 4. The van der Waals surface area contributed by atoms with E-state index in [2.05, 4.69) is 60.1 Å². The molecule has 0 bridgehead atoms. The average Bonchev–Trinajstić information content (AvgIpc) is 3.35. The van der Waals surface area contributed by atoms with Gasteiger partial charge in [-0.3, -0.25) is 9.88 Å². The molecule has 7 nitrogen and oxygen atoms in total. The van der Waals surface area contributed by atoms with Gasteiger partial charge in [0.25, 0.3) is 0 Å². The van der Waals surface area contributed by atoms with Gasteiger partial charge in [0.1, 0.15) is 12.7 Å². The van der Waals surface area contributed by atoms with Crippen LogP contribution in [0.2, 0.25) is 0 Å². The smallest absolute Gasteiger partial charge is 0.138 e. The van der Waals surface area contributed by atoms with Crippen molar-refractivity contribution in [2.75, 3.05) is 49.1 Å². The molecular weight excluding hydrogens is 362 g/mol. The monoisotopic (exact) mass is 389 g/mol. The third kappa shape index (κ3) is 3.96. The molecule has 0 radical (unpaired) electrons. The van der Waals surface area contributed by atoms with Crippen molar-refractivity contribution in [2.24, 2.45) is 0 Å². The maximum atomic E-state index is 4.26. The van der Waals surface area contributed by atoms with Crippen molar-refractivity contribution in [3.8, 4) is 5.69 Å². The number of hydrogen-bond donors (Lipinski definition) is 0. The SMILES string of the molecule is c1cncc(N2CCN(C3CCN(c4ccc(-n5cncn5)cc4)CC3)CC2)c1. The fourth-order valence-corrected chi connectivity index (χ4v) is 4.53. The van der Waals surface area contributed by atoms with Crippen LogP contribution in [0.15, 0.2) is 61.4 Å². The Morgan fingerprint density at radius 3 is 2.10 bits per heavy atom. The van der Waals surface area contributed by atoms with Gasteiger partial charge in [0.2, 0.25) is 0 Å². The lowest BCUT2D eigenvalue weighted by atomic mass is 10.0. The van der Waals surface area contributed by atoms with Gasteiger partial charge in [0.05, 0.1) is 17.6 Å². The van der Waals surface area contributed by atoms with Crippen LogP contribution in [0, 0.1) is 0 Å². The van der Waals surface area contributed by atoms with Gasteiger partial charge in [-0.15, -0.1) is 0 Å². The molecule has 2 aliphatic heterocycles. The number of pyridine rings is 1. The van der Waals surface area contributed by atoms with E-state index >= 15 is 0 Å². The van der Waals surface area contributed by atoms with E-state index in [4.69, 9.17) is 0 Å². The largest absolute Gasteiger partial charge is 0.371 e. The molecule has 0 aliphatic carbocycles. The van der Waals surface area contributed by atoms with Crippen molar-refractivity contribution >= 4 is 11.4 Å². The van der Waals surface area contributed by atoms with Crippen LogP contribution in [0.5, 0.6) is 0 Å². The minimum Gasteiger partial charge on any atom is -0.371 e. The Balaban J connectivity index is 1.13. The summed E-state index contributed by atoms with van der Waals surface area (Å²) < 4.78 is 1.79. The molecule has 7 heteroatoms. The van der Waals surface area contributed by atoms with Crippen LogP contribution < -0.4 is 9.80 Å². The summed E-state index contributed by atoms with van der Waals surface area (Å²) >= 11 is 0. The van der Waals surface area contributed by atoms with Crippen molar-refractivity contribution in [1.82, 2.24) is 24.6 Å². The van der Waals surface area contributed by atoms with Gasteiger partial charge in [-0.2, -0.15) is 5.10 Å². The van der Waals surface area contributed by atoms with Crippen LogP contribution in [0.1, 0.15) is 12.8 Å². The Kier molecular flexibility index (Phi) is 5.13. The highest BCUT2D eigenvalue weighted by Gasteiger charge is 2.27. The second-order valence-electron chi connectivity index (χ2n) is 7.81. The van der Waals surface area contributed by atoms with Gasteiger partial charge in [-0.25, -0.2) is 9.67 Å². The second-order valence-corrected chi connectivity index (χ2v) is 7.81. The molecule has 0 N–H and O–H groups in total. The summed E-state index contributed by atoms with van der Waals surface area (Å²) in [7, 11) is 0. The van der Waals surface area contributed by atoms with Crippen molar-refractivity contribution in [3.05, 3.63) is 61.4 Å². The Morgan fingerprint density at radius 1 is 0.724 bits per heavy atom. The number of piperidine rings is 1. The van der Waals surface area contributed by atoms with Crippen LogP contribution in [0.25, 0.3) is 5.69 Å². The van der Waals surface area contributed by atoms with E-state index in [9.17, 15) is 0 Å². The Morgan fingerprint density at radius 2 is 1.45 bits per heavy atom. The number of benzene rings is 1. The maximum Gasteiger partial charge on any atom is 0.138 e. The van der Waals surface area contributed by atoms with Crippen LogP contribution in [0.4, 0.5) is 11.4 Å². The molecule has 0 amide bonds. The van der Waals surface area contributed by atoms with Crippen LogP contribution in [-0.2, 0) is 0 Å². The lowest BCUT2D eigenvalue weighted by Gasteiger charge is -2.43. The third-order valence-corrected chi connectivity index (χ3v) is 6.20. The number of nitrogens with zero attached hydrogens (tertiary/aromatic N) is 7. The van der Waals surface area contributed by atoms with Gasteiger partial charge < -0.3 is 9.80 Å². The Hall–Kier alpha value is -2.93. The maximum absolute atomic E-state index is 4.26. The molecule has 0 saturated carbocycles. The predicted octanol–water partition coefficient (Wildman–Crippen LogP) is 2.45. The van der Waals surface area contributed by atoms with E-state index in [1.807, 2.05) is 18.5 Å². The molecule has 4 heterocycles. The number of piperazine rings is 1. The van der Waals surface area contributed by atoms with Gasteiger partial charge in [-0.05, 0) is 49.2 Å². The van der Waals surface area contributed by atoms with Crippen LogP contribution in [-0.4, -0.2) is 70.0 Å². The molecule has 1 aromatic carbocycles. The standard InChI is InChI=1S/C22H27N7/c1-2-22(16-23-9-1)28-14-12-27(13-15-28)20-7-10-26(11-8-20)19-3-5-21(6-4-19)29-18-24-17-25-29/h1-6,9,16-18,20H,7-8,10-15H2. The summed E-state index contributed by atoms with van der Waals surface area (Å²) in [5.74, 6) is 0. The molecule has 2 saturated heterocycles. The number of rotatable bonds is 4. The van der Waals surface area contributed by atoms with Crippen LogP contribution >= 0.6 is 0 Å². The van der Waals surface area contributed by atoms with Gasteiger partial charge >= 0.3 is 0 Å². The van der Waals surface area contributed by atoms with E-state index in [1.165, 1.54) is 24.2 Å². The molecule has 2 aliphatic rings. The van der Waals surface area contributed by atoms with Gasteiger partial charge in [-0.1, -0.05) is 0 Å². The van der Waals surface area contributed by atoms with Crippen molar-refractivity contribution < 1.29 is 0 Å². The fraction of sp³-hybridized carbons (Fsp3) is 0.409. The van der Waals surface area contributed by atoms with E-state index in [-0.39, 0.29) is 0 Å². The summed E-state index contributed by atoms with van der Waals surface area (Å²) in [6.45, 7) is 6.72. The molecular formula is C22H27N7. The van der Waals surface area contributed by atoms with Crippen molar-refractivity contribution in [1.29, 1.82) is 0 Å². The Bertz CT molecular complexity index is 879. The first-order chi connectivity index (χ1) is 14.4. The molecule has 0 spiro atoms. The second kappa shape index (κ2) is 8.21. The normalized spacial score (nSPS) is 18.9. The molecule has 150 valence electrons. The molecule has 0 atom stereocenters. The Labute approximate surface area is 171 Å². The van der Waals surface area contributed by atoms with E-state index in [1.54, 1.807) is 17.3 Å². The zero-order valence-corrected chi connectivity index (χ0v) is 16.6. The quantitative estimate of drug-likeness (QED) is 0.683. The first-order valence-electron chi connectivity index (χ1n) is 10.5. The zero-order valence-electron chi connectivity index (χ0n) is 16.6. The molecule has 3 aromatic rings. The predicted molar refractivity (Wildman–Crippen MR) is 115 cm³/mol. The summed E-state index contributed by atoms with van der Waals surface area (Å²) in [6.07, 6.45) is 9.58. The highest BCUT2D eigenvalue weighted by atomic mass is 15.3. The summed E-state index contributed by atoms with van der Waals surface area (Å²) in [5.41, 5.74) is 3.60. The highest BCUT2D eigenvalue weighted by Crippen LogP contribution is 2.25. The van der Waals surface area contributed by atoms with Crippen molar-refractivity contribution in [2.45, 2.75) is 18.9 Å². The fourth-order valence-electron chi connectivity index (χ4n) is 4.53. The minimum atomic E-state index is 0.705. The first-order valence-corrected chi connectivity index (χ1v) is 10.5. The first kappa shape index (κ1) is 18.1.